The number of piperidine rings is 1. The highest BCUT2D eigenvalue weighted by Gasteiger charge is 2.26. The number of hydrogen-bond donors (Lipinski definition) is 0. The minimum atomic E-state index is -0.114. The molecule has 1 aromatic heterocycles. The van der Waals surface area contributed by atoms with Gasteiger partial charge in [0.1, 0.15) is 6.10 Å². The fourth-order valence-electron chi connectivity index (χ4n) is 2.98. The van der Waals surface area contributed by atoms with E-state index in [-0.39, 0.29) is 12.0 Å². The predicted molar refractivity (Wildman–Crippen MR) is 92.2 cm³/mol. The minimum Gasteiger partial charge on any atom is -0.458 e. The molecule has 2 aromatic rings. The molecule has 1 aliphatic heterocycles. The van der Waals surface area contributed by atoms with Gasteiger partial charge in [0.05, 0.1) is 18.2 Å². The SMILES string of the molecule is Cc1cc(C)nc(OC2CCCN(C(=O)c3ccc(C#N)cc3)C2)n1. The molecule has 128 valence electrons. The molecule has 1 saturated heterocycles. The summed E-state index contributed by atoms with van der Waals surface area (Å²) in [6.07, 6.45) is 1.63. The van der Waals surface area contributed by atoms with Crippen molar-refractivity contribution in [3.63, 3.8) is 0 Å². The summed E-state index contributed by atoms with van der Waals surface area (Å²) in [5.41, 5.74) is 2.86. The number of amides is 1. The Labute approximate surface area is 147 Å². The van der Waals surface area contributed by atoms with Gasteiger partial charge in [0.2, 0.25) is 0 Å². The molecule has 1 amide bonds. The zero-order valence-electron chi connectivity index (χ0n) is 14.4. The van der Waals surface area contributed by atoms with Crippen LogP contribution < -0.4 is 4.74 Å². The van der Waals surface area contributed by atoms with Crippen molar-refractivity contribution in [2.24, 2.45) is 0 Å². The standard InChI is InChI=1S/C19H20N4O2/c1-13-10-14(2)22-19(21-13)25-17-4-3-9-23(12-17)18(24)16-7-5-15(11-20)6-8-16/h5-8,10,17H,3-4,9,12H2,1-2H3. The van der Waals surface area contributed by atoms with Gasteiger partial charge >= 0.3 is 6.01 Å². The highest BCUT2D eigenvalue weighted by molar-refractivity contribution is 5.94. The van der Waals surface area contributed by atoms with Crippen LogP contribution in [0.2, 0.25) is 0 Å². The largest absolute Gasteiger partial charge is 0.458 e. The second kappa shape index (κ2) is 7.31. The molecular formula is C19H20N4O2. The maximum absolute atomic E-state index is 12.7. The van der Waals surface area contributed by atoms with Crippen LogP contribution in [-0.2, 0) is 0 Å². The zero-order chi connectivity index (χ0) is 17.8. The van der Waals surface area contributed by atoms with Crippen LogP contribution in [0.15, 0.2) is 30.3 Å². The lowest BCUT2D eigenvalue weighted by Gasteiger charge is -2.32. The van der Waals surface area contributed by atoms with E-state index in [4.69, 9.17) is 10.00 Å². The van der Waals surface area contributed by atoms with Gasteiger partial charge in [0.25, 0.3) is 5.91 Å². The Kier molecular flexibility index (Phi) is 4.94. The maximum atomic E-state index is 12.7. The number of hydrogen-bond acceptors (Lipinski definition) is 5. The van der Waals surface area contributed by atoms with Gasteiger partial charge in [0.15, 0.2) is 0 Å². The smallest absolute Gasteiger partial charge is 0.317 e. The van der Waals surface area contributed by atoms with Crippen molar-refractivity contribution in [3.05, 3.63) is 52.8 Å². The number of ether oxygens (including phenoxy) is 1. The van der Waals surface area contributed by atoms with Gasteiger partial charge in [-0.2, -0.15) is 5.26 Å². The van der Waals surface area contributed by atoms with Crippen molar-refractivity contribution in [3.8, 4) is 12.1 Å². The summed E-state index contributed by atoms with van der Waals surface area (Å²) in [6, 6.07) is 11.0. The number of likely N-dealkylation sites (tertiary alicyclic amines) is 1. The van der Waals surface area contributed by atoms with E-state index in [1.54, 1.807) is 29.2 Å². The van der Waals surface area contributed by atoms with Gasteiger partial charge in [-0.05, 0) is 57.0 Å². The van der Waals surface area contributed by atoms with E-state index in [1.165, 1.54) is 0 Å². The van der Waals surface area contributed by atoms with Gasteiger partial charge in [-0.3, -0.25) is 4.79 Å². The summed E-state index contributed by atoms with van der Waals surface area (Å²) >= 11 is 0. The third-order valence-electron chi connectivity index (χ3n) is 4.16. The number of carbonyl (C=O) groups excluding carboxylic acids is 1. The molecule has 1 atom stereocenters. The highest BCUT2D eigenvalue weighted by Crippen LogP contribution is 2.18. The quantitative estimate of drug-likeness (QED) is 0.861. The molecule has 3 rings (SSSR count). The molecule has 1 aliphatic rings. The maximum Gasteiger partial charge on any atom is 0.317 e. The van der Waals surface area contributed by atoms with Crippen molar-refractivity contribution in [1.29, 1.82) is 5.26 Å². The van der Waals surface area contributed by atoms with E-state index < -0.39 is 0 Å². The Balaban J connectivity index is 1.67. The molecular weight excluding hydrogens is 316 g/mol. The van der Waals surface area contributed by atoms with Crippen molar-refractivity contribution in [2.75, 3.05) is 13.1 Å². The monoisotopic (exact) mass is 336 g/mol. The molecule has 6 nitrogen and oxygen atoms in total. The number of benzene rings is 1. The van der Waals surface area contributed by atoms with E-state index in [9.17, 15) is 4.79 Å². The molecule has 0 spiro atoms. The molecule has 0 N–H and O–H groups in total. The Morgan fingerprint density at radius 1 is 1.24 bits per heavy atom. The third-order valence-corrected chi connectivity index (χ3v) is 4.16. The van der Waals surface area contributed by atoms with Crippen LogP contribution in [0.3, 0.4) is 0 Å². The van der Waals surface area contributed by atoms with Crippen LogP contribution in [0.5, 0.6) is 6.01 Å². The van der Waals surface area contributed by atoms with Crippen LogP contribution in [-0.4, -0.2) is 40.0 Å². The fraction of sp³-hybridized carbons (Fsp3) is 0.368. The van der Waals surface area contributed by atoms with Crippen molar-refractivity contribution in [2.45, 2.75) is 32.8 Å². The van der Waals surface area contributed by atoms with Crippen LogP contribution in [0, 0.1) is 25.2 Å². The lowest BCUT2D eigenvalue weighted by molar-refractivity contribution is 0.0515. The first-order valence-corrected chi connectivity index (χ1v) is 8.33. The van der Waals surface area contributed by atoms with E-state index in [0.717, 1.165) is 24.2 Å². The summed E-state index contributed by atoms with van der Waals surface area (Å²) in [7, 11) is 0. The van der Waals surface area contributed by atoms with E-state index in [2.05, 4.69) is 16.0 Å². The summed E-state index contributed by atoms with van der Waals surface area (Å²) in [5, 5.41) is 8.86. The first-order valence-electron chi connectivity index (χ1n) is 8.33. The first kappa shape index (κ1) is 16.9. The third kappa shape index (κ3) is 4.13. The normalized spacial score (nSPS) is 17.0. The molecule has 2 heterocycles. The van der Waals surface area contributed by atoms with E-state index in [0.29, 0.717) is 30.2 Å². The summed E-state index contributed by atoms with van der Waals surface area (Å²) in [5.74, 6) is -0.0425. The first-order chi connectivity index (χ1) is 12.0. The summed E-state index contributed by atoms with van der Waals surface area (Å²) in [6.45, 7) is 5.02. The van der Waals surface area contributed by atoms with E-state index in [1.807, 2.05) is 19.9 Å². The Hall–Kier alpha value is -2.94. The van der Waals surface area contributed by atoms with Crippen LogP contribution in [0.4, 0.5) is 0 Å². The van der Waals surface area contributed by atoms with Crippen LogP contribution >= 0.6 is 0 Å². The number of nitrogens with zero attached hydrogens (tertiary/aromatic N) is 4. The molecule has 0 saturated carbocycles. The predicted octanol–water partition coefficient (Wildman–Crippen LogP) is 2.65. The average molecular weight is 336 g/mol. The topological polar surface area (TPSA) is 79.1 Å². The second-order valence-corrected chi connectivity index (χ2v) is 6.26. The minimum absolute atomic E-state index is 0.0425. The van der Waals surface area contributed by atoms with Crippen molar-refractivity contribution >= 4 is 5.91 Å². The highest BCUT2D eigenvalue weighted by atomic mass is 16.5. The molecule has 6 heteroatoms. The number of rotatable bonds is 3. The van der Waals surface area contributed by atoms with Crippen molar-refractivity contribution < 1.29 is 9.53 Å². The average Bonchev–Trinajstić information content (AvgIpc) is 2.60. The fourth-order valence-corrected chi connectivity index (χ4v) is 2.98. The number of aryl methyl sites for hydroxylation is 2. The van der Waals surface area contributed by atoms with Crippen LogP contribution in [0.1, 0.15) is 40.2 Å². The van der Waals surface area contributed by atoms with Crippen molar-refractivity contribution in [1.82, 2.24) is 14.9 Å². The van der Waals surface area contributed by atoms with Crippen LogP contribution in [0.25, 0.3) is 0 Å². The number of aromatic nitrogens is 2. The lowest BCUT2D eigenvalue weighted by Crippen LogP contribution is -2.44. The van der Waals surface area contributed by atoms with Gasteiger partial charge < -0.3 is 9.64 Å². The van der Waals surface area contributed by atoms with E-state index >= 15 is 0 Å². The Morgan fingerprint density at radius 3 is 2.56 bits per heavy atom. The van der Waals surface area contributed by atoms with Gasteiger partial charge in [0, 0.05) is 23.5 Å². The molecule has 0 radical (unpaired) electrons. The number of carbonyl (C=O) groups is 1. The van der Waals surface area contributed by atoms with Gasteiger partial charge in [-0.25, -0.2) is 9.97 Å². The summed E-state index contributed by atoms with van der Waals surface area (Å²) < 4.78 is 5.91. The Morgan fingerprint density at radius 2 is 1.92 bits per heavy atom. The molecule has 1 unspecified atom stereocenters. The molecule has 0 bridgehead atoms. The lowest BCUT2D eigenvalue weighted by atomic mass is 10.1. The molecule has 1 aromatic carbocycles. The van der Waals surface area contributed by atoms with Gasteiger partial charge in [-0.1, -0.05) is 0 Å². The Bertz CT molecular complexity index is 791. The molecule has 0 aliphatic carbocycles. The number of nitriles is 1. The second-order valence-electron chi connectivity index (χ2n) is 6.26. The molecule has 25 heavy (non-hydrogen) atoms. The molecule has 1 fully saturated rings. The summed E-state index contributed by atoms with van der Waals surface area (Å²) in [4.78, 5) is 23.1. The zero-order valence-corrected chi connectivity index (χ0v) is 14.4. The van der Waals surface area contributed by atoms with Gasteiger partial charge in [-0.15, -0.1) is 0 Å².